The lowest BCUT2D eigenvalue weighted by molar-refractivity contribution is -0.131. The van der Waals surface area contributed by atoms with E-state index >= 15 is 0 Å². The van der Waals surface area contributed by atoms with Crippen molar-refractivity contribution >= 4 is 17.5 Å². The molecule has 1 aromatic carbocycles. The van der Waals surface area contributed by atoms with Gasteiger partial charge in [-0.15, -0.1) is 11.6 Å². The molecule has 2 rings (SSSR count). The fourth-order valence-electron chi connectivity index (χ4n) is 2.10. The van der Waals surface area contributed by atoms with Gasteiger partial charge in [0.05, 0.1) is 0 Å². The van der Waals surface area contributed by atoms with Gasteiger partial charge in [0.2, 0.25) is 5.91 Å². The molecule has 0 aliphatic heterocycles. The van der Waals surface area contributed by atoms with Crippen LogP contribution < -0.4 is 0 Å². The van der Waals surface area contributed by atoms with Crippen molar-refractivity contribution in [2.75, 3.05) is 6.54 Å². The first-order valence-corrected chi connectivity index (χ1v) is 7.17. The van der Waals surface area contributed by atoms with E-state index < -0.39 is 5.38 Å². The van der Waals surface area contributed by atoms with E-state index in [0.717, 1.165) is 37.8 Å². The highest BCUT2D eigenvalue weighted by atomic mass is 35.5. The highest BCUT2D eigenvalue weighted by molar-refractivity contribution is 6.30. The molecule has 18 heavy (non-hydrogen) atoms. The summed E-state index contributed by atoms with van der Waals surface area (Å²) in [5.41, 5.74) is 0.895. The molecule has 1 fully saturated rings. The van der Waals surface area contributed by atoms with E-state index in [-0.39, 0.29) is 5.91 Å². The Morgan fingerprint density at radius 2 is 2.06 bits per heavy atom. The van der Waals surface area contributed by atoms with E-state index in [1.807, 2.05) is 35.2 Å². The number of halogens is 1. The van der Waals surface area contributed by atoms with E-state index in [1.165, 1.54) is 0 Å². The summed E-state index contributed by atoms with van der Waals surface area (Å²) in [6.07, 6.45) is 4.43. The standard InChI is InChI=1S/C15H20ClNO/c1-2-3-11-17(13-9-10-13)15(18)14(16)12-7-5-4-6-8-12/h4-8,13-14H,2-3,9-11H2,1H3. The second-order valence-electron chi connectivity index (χ2n) is 4.89. The molecule has 1 unspecified atom stereocenters. The molecule has 1 aliphatic rings. The van der Waals surface area contributed by atoms with Gasteiger partial charge >= 0.3 is 0 Å². The van der Waals surface area contributed by atoms with Crippen molar-refractivity contribution in [2.45, 2.75) is 44.0 Å². The molecule has 0 spiro atoms. The third-order valence-corrected chi connectivity index (χ3v) is 3.77. The van der Waals surface area contributed by atoms with Crippen LogP contribution in [-0.2, 0) is 4.79 Å². The monoisotopic (exact) mass is 265 g/mol. The summed E-state index contributed by atoms with van der Waals surface area (Å²) in [5, 5.41) is -0.538. The molecule has 0 radical (unpaired) electrons. The van der Waals surface area contributed by atoms with Crippen LogP contribution in [0.15, 0.2) is 30.3 Å². The van der Waals surface area contributed by atoms with E-state index in [4.69, 9.17) is 11.6 Å². The molecule has 0 N–H and O–H groups in total. The third kappa shape index (κ3) is 3.26. The zero-order chi connectivity index (χ0) is 13.0. The van der Waals surface area contributed by atoms with Gasteiger partial charge in [0.1, 0.15) is 5.38 Å². The van der Waals surface area contributed by atoms with Crippen LogP contribution in [0.1, 0.15) is 43.5 Å². The smallest absolute Gasteiger partial charge is 0.245 e. The van der Waals surface area contributed by atoms with Crippen molar-refractivity contribution in [3.8, 4) is 0 Å². The van der Waals surface area contributed by atoms with Crippen LogP contribution in [0.4, 0.5) is 0 Å². The number of rotatable bonds is 6. The first-order valence-electron chi connectivity index (χ1n) is 6.73. The quantitative estimate of drug-likeness (QED) is 0.717. The van der Waals surface area contributed by atoms with Crippen LogP contribution in [0.5, 0.6) is 0 Å². The molecular formula is C15H20ClNO. The molecule has 1 atom stereocenters. The zero-order valence-electron chi connectivity index (χ0n) is 10.8. The predicted molar refractivity (Wildman–Crippen MR) is 74.7 cm³/mol. The molecule has 0 heterocycles. The lowest BCUT2D eigenvalue weighted by Crippen LogP contribution is -2.36. The van der Waals surface area contributed by atoms with Crippen molar-refractivity contribution in [3.63, 3.8) is 0 Å². The van der Waals surface area contributed by atoms with Crippen molar-refractivity contribution in [2.24, 2.45) is 0 Å². The maximum Gasteiger partial charge on any atom is 0.245 e. The molecule has 1 saturated carbocycles. The summed E-state index contributed by atoms with van der Waals surface area (Å²) < 4.78 is 0. The second-order valence-corrected chi connectivity index (χ2v) is 5.33. The molecule has 0 saturated heterocycles. The summed E-state index contributed by atoms with van der Waals surface area (Å²) in [6.45, 7) is 2.99. The van der Waals surface area contributed by atoms with E-state index in [1.54, 1.807) is 0 Å². The molecule has 2 nitrogen and oxygen atoms in total. The molecule has 1 amide bonds. The predicted octanol–water partition coefficient (Wildman–Crippen LogP) is 3.76. The topological polar surface area (TPSA) is 20.3 Å². The number of amides is 1. The van der Waals surface area contributed by atoms with Gasteiger partial charge in [-0.1, -0.05) is 43.7 Å². The van der Waals surface area contributed by atoms with Gasteiger partial charge in [0, 0.05) is 12.6 Å². The minimum Gasteiger partial charge on any atom is -0.338 e. The lowest BCUT2D eigenvalue weighted by Gasteiger charge is -2.24. The fraction of sp³-hybridized carbons (Fsp3) is 0.533. The Morgan fingerprint density at radius 3 is 2.61 bits per heavy atom. The van der Waals surface area contributed by atoms with Gasteiger partial charge in [0.25, 0.3) is 0 Å². The third-order valence-electron chi connectivity index (χ3n) is 3.33. The molecule has 98 valence electrons. The molecule has 1 aliphatic carbocycles. The van der Waals surface area contributed by atoms with Crippen molar-refractivity contribution in [3.05, 3.63) is 35.9 Å². The first-order chi connectivity index (χ1) is 8.74. The molecule has 1 aromatic rings. The number of alkyl halides is 1. The highest BCUT2D eigenvalue weighted by Gasteiger charge is 2.35. The SMILES string of the molecule is CCCCN(C(=O)C(Cl)c1ccccc1)C1CC1. The summed E-state index contributed by atoms with van der Waals surface area (Å²) >= 11 is 6.31. The van der Waals surface area contributed by atoms with Crippen LogP contribution in [0.25, 0.3) is 0 Å². The number of nitrogens with zero attached hydrogens (tertiary/aromatic N) is 1. The van der Waals surface area contributed by atoms with Crippen LogP contribution in [0.2, 0.25) is 0 Å². The van der Waals surface area contributed by atoms with E-state index in [9.17, 15) is 4.79 Å². The van der Waals surface area contributed by atoms with Crippen LogP contribution in [0.3, 0.4) is 0 Å². The number of hydrogen-bond donors (Lipinski definition) is 0. The number of carbonyl (C=O) groups is 1. The van der Waals surface area contributed by atoms with Gasteiger partial charge < -0.3 is 4.90 Å². The van der Waals surface area contributed by atoms with Gasteiger partial charge in [-0.3, -0.25) is 4.79 Å². The Kier molecular flexibility index (Phi) is 4.65. The summed E-state index contributed by atoms with van der Waals surface area (Å²) in [5.74, 6) is 0.0683. The summed E-state index contributed by atoms with van der Waals surface area (Å²) in [7, 11) is 0. The maximum absolute atomic E-state index is 12.4. The van der Waals surface area contributed by atoms with Crippen molar-refractivity contribution < 1.29 is 4.79 Å². The van der Waals surface area contributed by atoms with Crippen LogP contribution in [0, 0.1) is 0 Å². The number of unbranched alkanes of at least 4 members (excludes halogenated alkanes) is 1. The number of benzene rings is 1. The summed E-state index contributed by atoms with van der Waals surface area (Å²) in [6, 6.07) is 10.1. The van der Waals surface area contributed by atoms with Gasteiger partial charge in [-0.25, -0.2) is 0 Å². The normalized spacial score (nSPS) is 16.3. The Morgan fingerprint density at radius 1 is 1.39 bits per heavy atom. The van der Waals surface area contributed by atoms with E-state index in [0.29, 0.717) is 6.04 Å². The van der Waals surface area contributed by atoms with Crippen molar-refractivity contribution in [1.29, 1.82) is 0 Å². The van der Waals surface area contributed by atoms with Gasteiger partial charge in [-0.05, 0) is 24.8 Å². The average Bonchev–Trinajstić information content (AvgIpc) is 3.24. The van der Waals surface area contributed by atoms with Gasteiger partial charge in [-0.2, -0.15) is 0 Å². The van der Waals surface area contributed by atoms with Crippen molar-refractivity contribution in [1.82, 2.24) is 4.90 Å². The second kappa shape index (κ2) is 6.24. The minimum atomic E-state index is -0.538. The maximum atomic E-state index is 12.4. The zero-order valence-corrected chi connectivity index (χ0v) is 11.6. The molecular weight excluding hydrogens is 246 g/mol. The fourth-order valence-corrected chi connectivity index (χ4v) is 2.37. The summed E-state index contributed by atoms with van der Waals surface area (Å²) in [4.78, 5) is 14.4. The Balaban J connectivity index is 2.03. The largest absolute Gasteiger partial charge is 0.338 e. The lowest BCUT2D eigenvalue weighted by atomic mass is 10.1. The number of hydrogen-bond acceptors (Lipinski definition) is 1. The Hall–Kier alpha value is -1.02. The van der Waals surface area contributed by atoms with Crippen LogP contribution in [-0.4, -0.2) is 23.4 Å². The molecule has 0 bridgehead atoms. The highest BCUT2D eigenvalue weighted by Crippen LogP contribution is 2.32. The average molecular weight is 266 g/mol. The van der Waals surface area contributed by atoms with E-state index in [2.05, 4.69) is 6.92 Å². The van der Waals surface area contributed by atoms with Crippen LogP contribution >= 0.6 is 11.6 Å². The Labute approximate surface area is 114 Å². The number of carbonyl (C=O) groups excluding carboxylic acids is 1. The van der Waals surface area contributed by atoms with Gasteiger partial charge in [0.15, 0.2) is 0 Å². The molecule has 0 aromatic heterocycles. The Bertz CT molecular complexity index is 389. The molecule has 3 heteroatoms. The first kappa shape index (κ1) is 13.4. The minimum absolute atomic E-state index is 0.0683.